The van der Waals surface area contributed by atoms with Crippen molar-refractivity contribution in [3.8, 4) is 16.9 Å². The van der Waals surface area contributed by atoms with Gasteiger partial charge in [-0.25, -0.2) is 0 Å². The summed E-state index contributed by atoms with van der Waals surface area (Å²) in [5, 5.41) is 11.8. The van der Waals surface area contributed by atoms with Crippen LogP contribution in [0.3, 0.4) is 0 Å². The van der Waals surface area contributed by atoms with Crippen molar-refractivity contribution in [2.75, 3.05) is 14.1 Å². The van der Waals surface area contributed by atoms with E-state index in [9.17, 15) is 14.7 Å². The second-order valence-electron chi connectivity index (χ2n) is 5.95. The highest BCUT2D eigenvalue weighted by Gasteiger charge is 2.13. The molecule has 0 aromatic heterocycles. The molecule has 4 nitrogen and oxygen atoms in total. The van der Waals surface area contributed by atoms with Gasteiger partial charge in [-0.15, -0.1) is 0 Å². The lowest BCUT2D eigenvalue weighted by atomic mass is 9.97. The number of phenols is 1. The molecule has 3 rings (SSSR count). The van der Waals surface area contributed by atoms with E-state index in [-0.39, 0.29) is 17.2 Å². The van der Waals surface area contributed by atoms with Gasteiger partial charge in [-0.2, -0.15) is 0 Å². The van der Waals surface area contributed by atoms with Gasteiger partial charge in [0.25, 0.3) is 5.91 Å². The zero-order valence-electron chi connectivity index (χ0n) is 13.8. The Morgan fingerprint density at radius 3 is 2.52 bits per heavy atom. The van der Waals surface area contributed by atoms with Crippen molar-refractivity contribution >= 4 is 34.6 Å². The van der Waals surface area contributed by atoms with Crippen LogP contribution in [0.2, 0.25) is 5.02 Å². The van der Waals surface area contributed by atoms with Gasteiger partial charge >= 0.3 is 0 Å². The molecule has 1 amide bonds. The van der Waals surface area contributed by atoms with Crippen molar-refractivity contribution < 1.29 is 14.7 Å². The highest BCUT2D eigenvalue weighted by Crippen LogP contribution is 2.33. The SMILES string of the molecule is CN(C)C(=O)c1ccc(Cl)c(-c2ccc3c(C=O)c(O)ccc3c2)c1. The molecule has 0 unspecified atom stereocenters. The van der Waals surface area contributed by atoms with Crippen molar-refractivity contribution in [1.82, 2.24) is 4.90 Å². The normalized spacial score (nSPS) is 10.7. The molecule has 0 heterocycles. The average Bonchev–Trinajstić information content (AvgIpc) is 2.61. The maximum absolute atomic E-state index is 12.2. The molecule has 126 valence electrons. The lowest BCUT2D eigenvalue weighted by molar-refractivity contribution is 0.0827. The lowest BCUT2D eigenvalue weighted by Crippen LogP contribution is -2.21. The van der Waals surface area contributed by atoms with Crippen molar-refractivity contribution in [2.24, 2.45) is 0 Å². The molecule has 0 fully saturated rings. The maximum atomic E-state index is 12.2. The number of aldehydes is 1. The fraction of sp³-hybridized carbons (Fsp3) is 0.100. The van der Waals surface area contributed by atoms with E-state index in [1.165, 1.54) is 11.0 Å². The number of fused-ring (bicyclic) bond motifs is 1. The van der Waals surface area contributed by atoms with Crippen LogP contribution in [-0.2, 0) is 0 Å². The van der Waals surface area contributed by atoms with Crippen LogP contribution < -0.4 is 0 Å². The minimum Gasteiger partial charge on any atom is -0.507 e. The van der Waals surface area contributed by atoms with Crippen LogP contribution in [-0.4, -0.2) is 36.3 Å². The van der Waals surface area contributed by atoms with Crippen molar-refractivity contribution in [3.63, 3.8) is 0 Å². The Balaban J connectivity index is 2.16. The van der Waals surface area contributed by atoms with Gasteiger partial charge in [0.2, 0.25) is 0 Å². The average molecular weight is 354 g/mol. The largest absolute Gasteiger partial charge is 0.507 e. The molecule has 0 saturated carbocycles. The number of carbonyl (C=O) groups excluding carboxylic acids is 2. The van der Waals surface area contributed by atoms with Crippen LogP contribution in [0.4, 0.5) is 0 Å². The van der Waals surface area contributed by atoms with E-state index >= 15 is 0 Å². The number of amides is 1. The number of rotatable bonds is 3. The summed E-state index contributed by atoms with van der Waals surface area (Å²) in [4.78, 5) is 24.9. The second-order valence-corrected chi connectivity index (χ2v) is 6.35. The van der Waals surface area contributed by atoms with E-state index in [1.807, 2.05) is 12.1 Å². The van der Waals surface area contributed by atoms with E-state index in [1.54, 1.807) is 44.4 Å². The van der Waals surface area contributed by atoms with Gasteiger partial charge in [0.05, 0.1) is 5.56 Å². The number of benzene rings is 3. The summed E-state index contributed by atoms with van der Waals surface area (Å²) in [6, 6.07) is 13.8. The summed E-state index contributed by atoms with van der Waals surface area (Å²) in [5.41, 5.74) is 2.36. The first-order valence-corrected chi connectivity index (χ1v) is 8.02. The Morgan fingerprint density at radius 2 is 1.84 bits per heavy atom. The maximum Gasteiger partial charge on any atom is 0.253 e. The summed E-state index contributed by atoms with van der Waals surface area (Å²) in [7, 11) is 3.39. The third-order valence-electron chi connectivity index (χ3n) is 4.09. The monoisotopic (exact) mass is 353 g/mol. The van der Waals surface area contributed by atoms with E-state index in [2.05, 4.69) is 0 Å². The van der Waals surface area contributed by atoms with Crippen LogP contribution in [0.5, 0.6) is 5.75 Å². The molecule has 0 radical (unpaired) electrons. The highest BCUT2D eigenvalue weighted by atomic mass is 35.5. The fourth-order valence-corrected chi connectivity index (χ4v) is 3.00. The first-order chi connectivity index (χ1) is 11.9. The molecule has 0 spiro atoms. The third kappa shape index (κ3) is 3.08. The van der Waals surface area contributed by atoms with Crippen LogP contribution in [0, 0.1) is 0 Å². The first-order valence-electron chi connectivity index (χ1n) is 7.65. The fourth-order valence-electron chi connectivity index (χ4n) is 2.77. The van der Waals surface area contributed by atoms with Crippen LogP contribution in [0.25, 0.3) is 21.9 Å². The molecule has 0 aliphatic carbocycles. The zero-order valence-corrected chi connectivity index (χ0v) is 14.5. The van der Waals surface area contributed by atoms with Gasteiger partial charge in [0.15, 0.2) is 6.29 Å². The van der Waals surface area contributed by atoms with Crippen LogP contribution in [0.15, 0.2) is 48.5 Å². The number of hydrogen-bond acceptors (Lipinski definition) is 3. The van der Waals surface area contributed by atoms with Gasteiger partial charge in [-0.1, -0.05) is 29.8 Å². The second kappa shape index (κ2) is 6.57. The van der Waals surface area contributed by atoms with Crippen LogP contribution in [0.1, 0.15) is 20.7 Å². The molecule has 0 atom stereocenters. The van der Waals surface area contributed by atoms with Crippen molar-refractivity contribution in [2.45, 2.75) is 0 Å². The van der Waals surface area contributed by atoms with Gasteiger partial charge < -0.3 is 10.0 Å². The standard InChI is InChI=1S/C20H16ClNO3/c1-22(2)20(25)14-4-7-18(21)16(10-14)13-3-6-15-12(9-13)5-8-19(24)17(15)11-23/h3-11,24H,1-2H3. The molecule has 0 saturated heterocycles. The summed E-state index contributed by atoms with van der Waals surface area (Å²) in [5.74, 6) is -0.154. The van der Waals surface area contributed by atoms with Gasteiger partial charge in [0, 0.05) is 30.2 Å². The first kappa shape index (κ1) is 17.0. The molecule has 3 aromatic carbocycles. The third-order valence-corrected chi connectivity index (χ3v) is 4.42. The number of aromatic hydroxyl groups is 1. The molecule has 0 bridgehead atoms. The molecular formula is C20H16ClNO3. The molecule has 5 heteroatoms. The highest BCUT2D eigenvalue weighted by molar-refractivity contribution is 6.33. The van der Waals surface area contributed by atoms with Crippen molar-refractivity contribution in [3.05, 3.63) is 64.7 Å². The lowest BCUT2D eigenvalue weighted by Gasteiger charge is -2.13. The van der Waals surface area contributed by atoms with Crippen molar-refractivity contribution in [1.29, 1.82) is 0 Å². The summed E-state index contributed by atoms with van der Waals surface area (Å²) >= 11 is 6.33. The van der Waals surface area contributed by atoms with Crippen LogP contribution >= 0.6 is 11.6 Å². The smallest absolute Gasteiger partial charge is 0.253 e. The van der Waals surface area contributed by atoms with Gasteiger partial charge in [-0.05, 0) is 46.7 Å². The number of phenolic OH excluding ortho intramolecular Hbond substituents is 1. The Hall–Kier alpha value is -2.85. The number of hydrogen-bond donors (Lipinski definition) is 1. The summed E-state index contributed by atoms with van der Waals surface area (Å²) in [6.07, 6.45) is 0.640. The molecule has 1 N–H and O–H groups in total. The van der Waals surface area contributed by atoms with E-state index in [4.69, 9.17) is 11.6 Å². The number of carbonyl (C=O) groups is 2. The summed E-state index contributed by atoms with van der Waals surface area (Å²) < 4.78 is 0. The predicted molar refractivity (Wildman–Crippen MR) is 99.5 cm³/mol. The Bertz CT molecular complexity index is 996. The quantitative estimate of drug-likeness (QED) is 0.711. The molecule has 0 aliphatic heterocycles. The van der Waals surface area contributed by atoms with E-state index in [0.29, 0.717) is 22.3 Å². The molecule has 0 aliphatic rings. The van der Waals surface area contributed by atoms with Gasteiger partial charge in [0.1, 0.15) is 5.75 Å². The van der Waals surface area contributed by atoms with Gasteiger partial charge in [-0.3, -0.25) is 9.59 Å². The Morgan fingerprint density at radius 1 is 1.08 bits per heavy atom. The topological polar surface area (TPSA) is 57.6 Å². The van der Waals surface area contributed by atoms with E-state index < -0.39 is 0 Å². The Kier molecular flexibility index (Phi) is 4.47. The number of halogens is 1. The summed E-state index contributed by atoms with van der Waals surface area (Å²) in [6.45, 7) is 0. The van der Waals surface area contributed by atoms with E-state index in [0.717, 1.165) is 16.5 Å². The Labute approximate surface area is 150 Å². The molecule has 25 heavy (non-hydrogen) atoms. The number of nitrogens with zero attached hydrogens (tertiary/aromatic N) is 1. The molecular weight excluding hydrogens is 338 g/mol. The predicted octanol–water partition coefficient (Wildman–Crippen LogP) is 4.38. The minimum absolute atomic E-state index is 0.0492. The minimum atomic E-state index is -0.105. The zero-order chi connectivity index (χ0) is 18.1. The molecule has 3 aromatic rings.